The molecule has 1 amide bonds. The number of carbonyl (C=O) groups is 1. The lowest BCUT2D eigenvalue weighted by Gasteiger charge is -2.04. The smallest absolute Gasteiger partial charge is 0.302 e. The van der Waals surface area contributed by atoms with Crippen molar-refractivity contribution in [1.29, 1.82) is 0 Å². The summed E-state index contributed by atoms with van der Waals surface area (Å²) in [5, 5.41) is 22.8. The Morgan fingerprint density at radius 3 is 2.57 bits per heavy atom. The van der Waals surface area contributed by atoms with Gasteiger partial charge < -0.3 is 5.32 Å². The van der Waals surface area contributed by atoms with E-state index in [1.54, 1.807) is 18.2 Å². The van der Waals surface area contributed by atoms with E-state index < -0.39 is 10.8 Å². The second-order valence-corrected chi connectivity index (χ2v) is 7.11. The number of halogens is 3. The summed E-state index contributed by atoms with van der Waals surface area (Å²) in [7, 11) is 1.51. The van der Waals surface area contributed by atoms with Gasteiger partial charge in [0.25, 0.3) is 5.91 Å². The summed E-state index contributed by atoms with van der Waals surface area (Å²) in [6.45, 7) is 1.83. The number of hydrogen-bond donors (Lipinski definition) is 1. The first kappa shape index (κ1) is 20.1. The van der Waals surface area contributed by atoms with Crippen molar-refractivity contribution in [1.82, 2.24) is 19.6 Å². The number of benzene rings is 1. The van der Waals surface area contributed by atoms with E-state index in [0.717, 1.165) is 5.56 Å². The molecule has 0 spiro atoms. The molecule has 12 heteroatoms. The summed E-state index contributed by atoms with van der Waals surface area (Å²) >= 11 is 18.0. The molecule has 0 atom stereocenters. The first-order valence-corrected chi connectivity index (χ1v) is 8.97. The van der Waals surface area contributed by atoms with Gasteiger partial charge in [-0.25, -0.2) is 0 Å². The Labute approximate surface area is 173 Å². The quantitative estimate of drug-likeness (QED) is 0.472. The number of anilines is 1. The van der Waals surface area contributed by atoms with E-state index in [-0.39, 0.29) is 27.9 Å². The molecule has 3 aromatic rings. The fraction of sp³-hybridized carbons (Fsp3) is 0.188. The van der Waals surface area contributed by atoms with Crippen LogP contribution in [0.5, 0.6) is 0 Å². The Balaban J connectivity index is 1.82. The Hall–Kier alpha value is -2.62. The minimum absolute atomic E-state index is 0.0596. The fourth-order valence-corrected chi connectivity index (χ4v) is 3.04. The van der Waals surface area contributed by atoms with Crippen LogP contribution in [-0.2, 0) is 13.6 Å². The molecule has 2 heterocycles. The van der Waals surface area contributed by atoms with E-state index in [0.29, 0.717) is 16.6 Å². The zero-order valence-corrected chi connectivity index (χ0v) is 16.9. The number of rotatable bonds is 5. The van der Waals surface area contributed by atoms with Gasteiger partial charge in [-0.2, -0.15) is 10.2 Å². The summed E-state index contributed by atoms with van der Waals surface area (Å²) < 4.78 is 2.76. The minimum Gasteiger partial charge on any atom is -0.302 e. The highest BCUT2D eigenvalue weighted by atomic mass is 35.5. The van der Waals surface area contributed by atoms with Crippen LogP contribution < -0.4 is 5.32 Å². The maximum absolute atomic E-state index is 12.5. The molecule has 9 nitrogen and oxygen atoms in total. The third-order valence-corrected chi connectivity index (χ3v) is 4.99. The highest BCUT2D eigenvalue weighted by Gasteiger charge is 2.29. The Morgan fingerprint density at radius 2 is 1.93 bits per heavy atom. The van der Waals surface area contributed by atoms with Crippen LogP contribution in [0.15, 0.2) is 24.4 Å². The molecule has 0 aliphatic carbocycles. The van der Waals surface area contributed by atoms with Crippen molar-refractivity contribution in [2.24, 2.45) is 7.05 Å². The Kier molecular flexibility index (Phi) is 5.59. The molecule has 1 aromatic carbocycles. The van der Waals surface area contributed by atoms with Crippen LogP contribution >= 0.6 is 34.8 Å². The van der Waals surface area contributed by atoms with Crippen molar-refractivity contribution in [3.63, 3.8) is 0 Å². The summed E-state index contributed by atoms with van der Waals surface area (Å²) in [4.78, 5) is 23.1. The van der Waals surface area contributed by atoms with Crippen molar-refractivity contribution >= 4 is 52.2 Å². The number of aromatic nitrogens is 4. The number of carbonyl (C=O) groups excluding carboxylic acids is 1. The maximum atomic E-state index is 12.5. The minimum atomic E-state index is -0.780. The predicted octanol–water partition coefficient (Wildman–Crippen LogP) is 4.09. The van der Waals surface area contributed by atoms with Crippen LogP contribution in [0.1, 0.15) is 21.7 Å². The van der Waals surface area contributed by atoms with Crippen LogP contribution in [-0.4, -0.2) is 30.4 Å². The molecule has 0 bridgehead atoms. The van der Waals surface area contributed by atoms with Gasteiger partial charge in [0.1, 0.15) is 10.7 Å². The van der Waals surface area contributed by atoms with Gasteiger partial charge in [-0.3, -0.25) is 24.3 Å². The zero-order chi connectivity index (χ0) is 20.6. The summed E-state index contributed by atoms with van der Waals surface area (Å²) in [5.74, 6) is -0.721. The lowest BCUT2D eigenvalue weighted by Crippen LogP contribution is -2.15. The van der Waals surface area contributed by atoms with Crippen LogP contribution in [0.3, 0.4) is 0 Å². The van der Waals surface area contributed by atoms with Crippen molar-refractivity contribution < 1.29 is 9.72 Å². The van der Waals surface area contributed by atoms with Crippen molar-refractivity contribution in [3.05, 3.63) is 66.5 Å². The normalized spacial score (nSPS) is 10.9. The van der Waals surface area contributed by atoms with Gasteiger partial charge in [0.15, 0.2) is 5.82 Å². The number of nitro groups is 1. The molecule has 0 saturated carbocycles. The Morgan fingerprint density at radius 1 is 1.21 bits per heavy atom. The summed E-state index contributed by atoms with van der Waals surface area (Å²) in [6.07, 6.45) is 1.51. The molecule has 0 aliphatic rings. The van der Waals surface area contributed by atoms with E-state index in [2.05, 4.69) is 15.5 Å². The van der Waals surface area contributed by atoms with Gasteiger partial charge in [-0.1, -0.05) is 40.9 Å². The van der Waals surface area contributed by atoms with Gasteiger partial charge in [0.2, 0.25) is 5.69 Å². The monoisotopic (exact) mass is 442 g/mol. The number of aryl methyl sites for hydroxylation is 1. The summed E-state index contributed by atoms with van der Waals surface area (Å²) in [6, 6.07) is 5.13. The molecule has 28 heavy (non-hydrogen) atoms. The van der Waals surface area contributed by atoms with E-state index in [1.165, 1.54) is 29.5 Å². The number of nitrogens with one attached hydrogen (secondary N) is 1. The average Bonchev–Trinajstić information content (AvgIpc) is 3.11. The zero-order valence-electron chi connectivity index (χ0n) is 14.6. The molecular weight excluding hydrogens is 431 g/mol. The number of hydrogen-bond acceptors (Lipinski definition) is 5. The van der Waals surface area contributed by atoms with E-state index in [1.807, 2.05) is 0 Å². The average molecular weight is 444 g/mol. The molecule has 0 aliphatic heterocycles. The third-order valence-electron chi connectivity index (χ3n) is 3.98. The van der Waals surface area contributed by atoms with Crippen LogP contribution in [0.4, 0.5) is 11.5 Å². The number of amides is 1. The third kappa shape index (κ3) is 3.96. The molecule has 1 N–H and O–H groups in total. The molecule has 0 saturated heterocycles. The second kappa shape index (κ2) is 7.78. The van der Waals surface area contributed by atoms with Crippen molar-refractivity contribution in [2.45, 2.75) is 13.5 Å². The SMILES string of the molecule is Cc1c([N+](=O)[O-])c(C(=O)Nc2nn(Cc3ccc(Cl)c(Cl)c3)cc2Cl)nn1C. The van der Waals surface area contributed by atoms with Gasteiger partial charge in [-0.15, -0.1) is 0 Å². The molecule has 0 fully saturated rings. The molecule has 3 rings (SSSR count). The van der Waals surface area contributed by atoms with Crippen LogP contribution in [0.25, 0.3) is 0 Å². The van der Waals surface area contributed by atoms with Gasteiger partial charge in [0, 0.05) is 13.2 Å². The molecule has 146 valence electrons. The highest BCUT2D eigenvalue weighted by molar-refractivity contribution is 6.42. The summed E-state index contributed by atoms with van der Waals surface area (Å²) in [5.41, 5.74) is 0.389. The number of nitrogens with zero attached hydrogens (tertiary/aromatic N) is 5. The standard InChI is InChI=1S/C16H13Cl3N6O3/c1-8-14(25(27)28)13(21-23(8)2)16(26)20-15-12(19)7-24(22-15)6-9-3-4-10(17)11(18)5-9/h3-5,7H,6H2,1-2H3,(H,20,22,26). The molecule has 0 unspecified atom stereocenters. The van der Waals surface area contributed by atoms with Crippen LogP contribution in [0, 0.1) is 17.0 Å². The molecular formula is C16H13Cl3N6O3. The lowest BCUT2D eigenvalue weighted by atomic mass is 10.2. The van der Waals surface area contributed by atoms with E-state index in [4.69, 9.17) is 34.8 Å². The van der Waals surface area contributed by atoms with Gasteiger partial charge in [-0.05, 0) is 24.6 Å². The van der Waals surface area contributed by atoms with E-state index in [9.17, 15) is 14.9 Å². The topological polar surface area (TPSA) is 108 Å². The highest BCUT2D eigenvalue weighted by Crippen LogP contribution is 2.26. The molecule has 2 aromatic heterocycles. The first-order chi connectivity index (χ1) is 13.2. The fourth-order valence-electron chi connectivity index (χ4n) is 2.52. The van der Waals surface area contributed by atoms with Crippen LogP contribution in [0.2, 0.25) is 15.1 Å². The largest absolute Gasteiger partial charge is 0.322 e. The van der Waals surface area contributed by atoms with Gasteiger partial charge >= 0.3 is 5.69 Å². The predicted molar refractivity (Wildman–Crippen MR) is 105 cm³/mol. The first-order valence-electron chi connectivity index (χ1n) is 7.83. The molecule has 0 radical (unpaired) electrons. The second-order valence-electron chi connectivity index (χ2n) is 5.89. The van der Waals surface area contributed by atoms with E-state index >= 15 is 0 Å². The van der Waals surface area contributed by atoms with Crippen molar-refractivity contribution in [2.75, 3.05) is 5.32 Å². The Bertz CT molecular complexity index is 1090. The van der Waals surface area contributed by atoms with Gasteiger partial charge in [0.05, 0.1) is 21.5 Å². The van der Waals surface area contributed by atoms with Crippen molar-refractivity contribution in [3.8, 4) is 0 Å². The maximum Gasteiger partial charge on any atom is 0.322 e. The lowest BCUT2D eigenvalue weighted by molar-refractivity contribution is -0.385.